The quantitative estimate of drug-likeness (QED) is 0.737. The van der Waals surface area contributed by atoms with Gasteiger partial charge in [0, 0.05) is 19.0 Å². The second kappa shape index (κ2) is 6.04. The Hall–Kier alpha value is -1.59. The molecule has 0 aromatic heterocycles. The summed E-state index contributed by atoms with van der Waals surface area (Å²) in [5.41, 5.74) is 1.03. The van der Waals surface area contributed by atoms with Crippen LogP contribution in [0, 0.1) is 0 Å². The van der Waals surface area contributed by atoms with Gasteiger partial charge in [0.2, 0.25) is 5.91 Å². The largest absolute Gasteiger partial charge is 0.497 e. The van der Waals surface area contributed by atoms with Gasteiger partial charge < -0.3 is 19.8 Å². The van der Waals surface area contributed by atoms with Crippen molar-refractivity contribution in [3.8, 4) is 5.75 Å². The molecular formula is C14H19NO4. The van der Waals surface area contributed by atoms with Crippen LogP contribution in [0.1, 0.15) is 18.4 Å². The van der Waals surface area contributed by atoms with Gasteiger partial charge in [0.05, 0.1) is 19.8 Å². The lowest BCUT2D eigenvalue weighted by atomic mass is 9.95. The van der Waals surface area contributed by atoms with Crippen molar-refractivity contribution in [2.75, 3.05) is 13.7 Å². The van der Waals surface area contributed by atoms with Gasteiger partial charge in [0.25, 0.3) is 0 Å². The van der Waals surface area contributed by atoms with Crippen molar-refractivity contribution < 1.29 is 19.7 Å². The molecule has 1 saturated heterocycles. The van der Waals surface area contributed by atoms with Crippen molar-refractivity contribution in [1.29, 1.82) is 0 Å². The van der Waals surface area contributed by atoms with Crippen LogP contribution in [0.25, 0.3) is 0 Å². The number of nitrogens with zero attached hydrogens (tertiary/aromatic N) is 1. The Morgan fingerprint density at radius 1 is 1.42 bits per heavy atom. The Balaban J connectivity index is 1.94. The maximum absolute atomic E-state index is 11.6. The number of ether oxygens (including phenoxy) is 1. The third-order valence-corrected chi connectivity index (χ3v) is 3.44. The molecule has 1 aromatic rings. The highest BCUT2D eigenvalue weighted by Gasteiger charge is 2.36. The second-order valence-electron chi connectivity index (χ2n) is 4.80. The highest BCUT2D eigenvalue weighted by molar-refractivity contribution is 5.83. The van der Waals surface area contributed by atoms with Crippen molar-refractivity contribution in [3.05, 3.63) is 29.8 Å². The van der Waals surface area contributed by atoms with E-state index < -0.39 is 6.10 Å². The van der Waals surface area contributed by atoms with Crippen LogP contribution in [-0.2, 0) is 11.3 Å². The summed E-state index contributed by atoms with van der Waals surface area (Å²) in [6.07, 6.45) is 0.127. The molecule has 19 heavy (non-hydrogen) atoms. The summed E-state index contributed by atoms with van der Waals surface area (Å²) < 4.78 is 5.08. The molecule has 5 nitrogen and oxygen atoms in total. The number of methoxy groups -OCH3 is 1. The molecule has 0 spiro atoms. The molecular weight excluding hydrogens is 246 g/mol. The first kappa shape index (κ1) is 13.8. The van der Waals surface area contributed by atoms with E-state index in [1.54, 1.807) is 12.0 Å². The number of hydrogen-bond donors (Lipinski definition) is 2. The van der Waals surface area contributed by atoms with E-state index in [-0.39, 0.29) is 18.6 Å². The molecule has 1 aromatic carbocycles. The van der Waals surface area contributed by atoms with Gasteiger partial charge in [-0.15, -0.1) is 0 Å². The summed E-state index contributed by atoms with van der Waals surface area (Å²) in [4.78, 5) is 13.3. The highest BCUT2D eigenvalue weighted by Crippen LogP contribution is 2.26. The van der Waals surface area contributed by atoms with Gasteiger partial charge in [-0.25, -0.2) is 0 Å². The van der Waals surface area contributed by atoms with E-state index in [4.69, 9.17) is 9.84 Å². The number of aliphatic hydroxyl groups is 2. The molecule has 1 amide bonds. The first-order valence-corrected chi connectivity index (χ1v) is 6.35. The number of rotatable bonds is 6. The zero-order valence-corrected chi connectivity index (χ0v) is 11.0. The molecule has 5 heteroatoms. The van der Waals surface area contributed by atoms with Gasteiger partial charge in [0.1, 0.15) is 5.75 Å². The Kier molecular flexibility index (Phi) is 4.39. The standard InChI is InChI=1S/C14H19NO4/c1-19-13-4-2-10(3-5-13)8-15-11(7-14(15)18)6-12(17)9-16/h2-5,11-12,16-17H,6-9H2,1H3/t11-,12+/m1/s1. The molecule has 104 valence electrons. The van der Waals surface area contributed by atoms with E-state index in [1.165, 1.54) is 0 Å². The molecule has 0 aliphatic carbocycles. The fourth-order valence-electron chi connectivity index (χ4n) is 2.26. The molecule has 1 fully saturated rings. The first-order valence-electron chi connectivity index (χ1n) is 6.35. The van der Waals surface area contributed by atoms with Crippen molar-refractivity contribution in [3.63, 3.8) is 0 Å². The minimum Gasteiger partial charge on any atom is -0.497 e. The predicted molar refractivity (Wildman–Crippen MR) is 69.7 cm³/mol. The van der Waals surface area contributed by atoms with Crippen molar-refractivity contribution >= 4 is 5.91 Å². The lowest BCUT2D eigenvalue weighted by molar-refractivity contribution is -0.148. The molecule has 0 radical (unpaired) electrons. The van der Waals surface area contributed by atoms with Crippen LogP contribution in [0.3, 0.4) is 0 Å². The van der Waals surface area contributed by atoms with Crippen LogP contribution >= 0.6 is 0 Å². The number of likely N-dealkylation sites (tertiary alicyclic amines) is 1. The number of amides is 1. The molecule has 2 N–H and O–H groups in total. The summed E-state index contributed by atoms with van der Waals surface area (Å²) in [7, 11) is 1.61. The first-order chi connectivity index (χ1) is 9.13. The summed E-state index contributed by atoms with van der Waals surface area (Å²) in [5, 5.41) is 18.3. The van der Waals surface area contributed by atoms with Gasteiger partial charge >= 0.3 is 0 Å². The van der Waals surface area contributed by atoms with Crippen LogP contribution in [-0.4, -0.2) is 46.9 Å². The van der Waals surface area contributed by atoms with Crippen molar-refractivity contribution in [2.45, 2.75) is 31.5 Å². The summed E-state index contributed by atoms with van der Waals surface area (Å²) in [5.74, 6) is 0.872. The molecule has 0 saturated carbocycles. The zero-order chi connectivity index (χ0) is 13.8. The van der Waals surface area contributed by atoms with E-state index >= 15 is 0 Å². The fourth-order valence-corrected chi connectivity index (χ4v) is 2.26. The number of β-lactam (4-membered cyclic amide) rings is 1. The monoisotopic (exact) mass is 265 g/mol. The topological polar surface area (TPSA) is 70.0 Å². The van der Waals surface area contributed by atoms with Crippen molar-refractivity contribution in [2.24, 2.45) is 0 Å². The van der Waals surface area contributed by atoms with Gasteiger partial charge in [-0.3, -0.25) is 4.79 Å². The normalized spacial score (nSPS) is 20.1. The van der Waals surface area contributed by atoms with E-state index in [2.05, 4.69) is 0 Å². The van der Waals surface area contributed by atoms with Crippen LogP contribution in [0.5, 0.6) is 5.75 Å². The Labute approximate surface area is 112 Å². The lowest BCUT2D eigenvalue weighted by Crippen LogP contribution is -2.53. The number of carbonyl (C=O) groups is 1. The molecule has 1 aliphatic heterocycles. The smallest absolute Gasteiger partial charge is 0.225 e. The molecule has 0 unspecified atom stereocenters. The van der Waals surface area contributed by atoms with E-state index in [0.29, 0.717) is 19.4 Å². The minimum atomic E-state index is -0.753. The third-order valence-electron chi connectivity index (χ3n) is 3.44. The van der Waals surface area contributed by atoms with E-state index in [0.717, 1.165) is 11.3 Å². The maximum Gasteiger partial charge on any atom is 0.225 e. The maximum atomic E-state index is 11.6. The van der Waals surface area contributed by atoms with Crippen LogP contribution in [0.2, 0.25) is 0 Å². The Morgan fingerprint density at radius 3 is 2.63 bits per heavy atom. The molecule has 2 atom stereocenters. The van der Waals surface area contributed by atoms with Gasteiger partial charge in [0.15, 0.2) is 0 Å². The van der Waals surface area contributed by atoms with Crippen LogP contribution in [0.4, 0.5) is 0 Å². The lowest BCUT2D eigenvalue weighted by Gasteiger charge is -2.41. The zero-order valence-electron chi connectivity index (χ0n) is 11.0. The minimum absolute atomic E-state index is 0.0248. The average molecular weight is 265 g/mol. The van der Waals surface area contributed by atoms with Gasteiger partial charge in [-0.2, -0.15) is 0 Å². The summed E-state index contributed by atoms with van der Waals surface area (Å²) in [6.45, 7) is 0.271. The third kappa shape index (κ3) is 3.24. The molecule has 2 rings (SSSR count). The number of benzene rings is 1. The Morgan fingerprint density at radius 2 is 2.11 bits per heavy atom. The second-order valence-corrected chi connectivity index (χ2v) is 4.80. The van der Waals surface area contributed by atoms with E-state index in [9.17, 15) is 9.90 Å². The number of aliphatic hydroxyl groups excluding tert-OH is 2. The highest BCUT2D eigenvalue weighted by atomic mass is 16.5. The predicted octanol–water partition coefficient (Wildman–Crippen LogP) is 0.539. The van der Waals surface area contributed by atoms with Gasteiger partial charge in [-0.1, -0.05) is 12.1 Å². The number of hydrogen-bond acceptors (Lipinski definition) is 4. The number of carbonyl (C=O) groups excluding carboxylic acids is 1. The average Bonchev–Trinajstić information content (AvgIpc) is 2.44. The fraction of sp³-hybridized carbons (Fsp3) is 0.500. The Bertz CT molecular complexity index is 432. The molecule has 0 bridgehead atoms. The van der Waals surface area contributed by atoms with Crippen molar-refractivity contribution in [1.82, 2.24) is 4.90 Å². The van der Waals surface area contributed by atoms with Crippen LogP contribution in [0.15, 0.2) is 24.3 Å². The molecule has 1 heterocycles. The van der Waals surface area contributed by atoms with Crippen LogP contribution < -0.4 is 4.74 Å². The van der Waals surface area contributed by atoms with Gasteiger partial charge in [-0.05, 0) is 24.1 Å². The van der Waals surface area contributed by atoms with E-state index in [1.807, 2.05) is 24.3 Å². The summed E-state index contributed by atoms with van der Waals surface area (Å²) in [6, 6.07) is 7.58. The summed E-state index contributed by atoms with van der Waals surface area (Å²) >= 11 is 0. The SMILES string of the molecule is COc1ccc(CN2C(=O)C[C@H]2C[C@H](O)CO)cc1. The molecule has 1 aliphatic rings.